The third-order valence-electron chi connectivity index (χ3n) is 3.34. The van der Waals surface area contributed by atoms with Crippen molar-refractivity contribution in [2.24, 2.45) is 0 Å². The molecule has 7 nitrogen and oxygen atoms in total. The van der Waals surface area contributed by atoms with Gasteiger partial charge in [0.25, 0.3) is 0 Å². The number of carboxylic acids is 1. The first-order valence-electron chi connectivity index (χ1n) is 6.50. The molecule has 0 bridgehead atoms. The summed E-state index contributed by atoms with van der Waals surface area (Å²) in [7, 11) is 0. The smallest absolute Gasteiger partial charge is 0.337 e. The van der Waals surface area contributed by atoms with Crippen LogP contribution in [0.4, 0.5) is 0 Å². The van der Waals surface area contributed by atoms with E-state index in [0.29, 0.717) is 24.1 Å². The topological polar surface area (TPSA) is 92.9 Å². The van der Waals surface area contributed by atoms with Crippen molar-refractivity contribution in [2.45, 2.75) is 20.0 Å². The van der Waals surface area contributed by atoms with Crippen LogP contribution in [0, 0.1) is 6.92 Å². The molecule has 2 heterocycles. The molecule has 0 atom stereocenters. The maximum atomic E-state index is 12.0. The second-order valence-electron chi connectivity index (χ2n) is 4.87. The molecule has 0 amide bonds. The van der Waals surface area contributed by atoms with Gasteiger partial charge in [0, 0.05) is 12.7 Å². The number of nitrogens with zero attached hydrogens (tertiary/aromatic N) is 3. The Hall–Kier alpha value is -2.83. The third-order valence-corrected chi connectivity index (χ3v) is 3.34. The summed E-state index contributed by atoms with van der Waals surface area (Å²) < 4.78 is 3.17. The number of fused-ring (bicyclic) bond motifs is 1. The van der Waals surface area contributed by atoms with Gasteiger partial charge in [-0.25, -0.2) is 9.59 Å². The molecule has 0 saturated carbocycles. The van der Waals surface area contributed by atoms with Gasteiger partial charge < -0.3 is 10.1 Å². The Morgan fingerprint density at radius 2 is 2.19 bits per heavy atom. The molecule has 0 aliphatic rings. The van der Waals surface area contributed by atoms with Crippen molar-refractivity contribution in [3.8, 4) is 0 Å². The second kappa shape index (κ2) is 4.93. The molecule has 2 aromatic heterocycles. The summed E-state index contributed by atoms with van der Waals surface area (Å²) in [6.07, 6.45) is 3.61. The number of para-hydroxylation sites is 1. The minimum absolute atomic E-state index is 0.113. The molecular weight excluding hydrogens is 272 g/mol. The van der Waals surface area contributed by atoms with Crippen LogP contribution in [0.3, 0.4) is 0 Å². The molecule has 3 aromatic rings. The van der Waals surface area contributed by atoms with Crippen molar-refractivity contribution in [3.63, 3.8) is 0 Å². The van der Waals surface area contributed by atoms with Gasteiger partial charge in [-0.2, -0.15) is 5.10 Å². The van der Waals surface area contributed by atoms with E-state index in [1.807, 2.05) is 13.1 Å². The Morgan fingerprint density at radius 1 is 1.38 bits per heavy atom. The Labute approximate surface area is 119 Å². The van der Waals surface area contributed by atoms with Crippen LogP contribution in [0.15, 0.2) is 35.4 Å². The van der Waals surface area contributed by atoms with Gasteiger partial charge in [0.2, 0.25) is 0 Å². The molecule has 0 saturated heterocycles. The van der Waals surface area contributed by atoms with E-state index in [2.05, 4.69) is 10.1 Å². The Kier molecular flexibility index (Phi) is 3.09. The fourth-order valence-electron chi connectivity index (χ4n) is 2.40. The standard InChI is InChI=1S/C14H14N4O3/c1-9-7-15-17(8-9)5-6-18-12-10(13(19)20)3-2-4-11(12)16-14(18)21/h2-4,7-8H,5-6H2,1H3,(H,16,21)(H,19,20). The SMILES string of the molecule is Cc1cnn(CCn2c(=O)[nH]c3cccc(C(=O)O)c32)c1. The van der Waals surface area contributed by atoms with Crippen molar-refractivity contribution in [3.05, 3.63) is 52.2 Å². The number of aromatic carboxylic acids is 1. The zero-order chi connectivity index (χ0) is 15.0. The van der Waals surface area contributed by atoms with E-state index in [9.17, 15) is 14.7 Å². The van der Waals surface area contributed by atoms with Crippen molar-refractivity contribution >= 4 is 17.0 Å². The second-order valence-corrected chi connectivity index (χ2v) is 4.87. The summed E-state index contributed by atoms with van der Waals surface area (Å²) >= 11 is 0. The van der Waals surface area contributed by atoms with Crippen molar-refractivity contribution < 1.29 is 9.90 Å². The first-order chi connectivity index (χ1) is 10.1. The summed E-state index contributed by atoms with van der Waals surface area (Å²) in [5.74, 6) is -1.05. The van der Waals surface area contributed by atoms with E-state index >= 15 is 0 Å². The van der Waals surface area contributed by atoms with Gasteiger partial charge in [0.1, 0.15) is 0 Å². The minimum atomic E-state index is -1.05. The number of aryl methyl sites for hydroxylation is 3. The van der Waals surface area contributed by atoms with Crippen molar-refractivity contribution in [1.29, 1.82) is 0 Å². The average molecular weight is 286 g/mol. The third kappa shape index (κ3) is 2.33. The van der Waals surface area contributed by atoms with Gasteiger partial charge in [-0.15, -0.1) is 0 Å². The van der Waals surface area contributed by atoms with E-state index in [4.69, 9.17) is 0 Å². The lowest BCUT2D eigenvalue weighted by molar-refractivity contribution is 0.0698. The number of aromatic nitrogens is 4. The molecule has 2 N–H and O–H groups in total. The van der Waals surface area contributed by atoms with Crippen LogP contribution in [0.25, 0.3) is 11.0 Å². The summed E-state index contributed by atoms with van der Waals surface area (Å²) in [4.78, 5) is 26.0. The fraction of sp³-hybridized carbons (Fsp3) is 0.214. The van der Waals surface area contributed by atoms with Crippen LogP contribution in [0.1, 0.15) is 15.9 Å². The molecular formula is C14H14N4O3. The molecule has 0 unspecified atom stereocenters. The molecule has 0 aliphatic carbocycles. The Morgan fingerprint density at radius 3 is 2.86 bits per heavy atom. The normalized spacial score (nSPS) is 11.1. The molecule has 0 fully saturated rings. The number of aromatic amines is 1. The molecule has 0 aliphatic heterocycles. The van der Waals surface area contributed by atoms with Crippen LogP contribution >= 0.6 is 0 Å². The van der Waals surface area contributed by atoms with Gasteiger partial charge in [-0.1, -0.05) is 6.07 Å². The summed E-state index contributed by atoms with van der Waals surface area (Å²) in [5, 5.41) is 13.4. The number of hydrogen-bond acceptors (Lipinski definition) is 3. The Balaban J connectivity index is 2.03. The lowest BCUT2D eigenvalue weighted by Gasteiger charge is -2.06. The zero-order valence-corrected chi connectivity index (χ0v) is 11.4. The lowest BCUT2D eigenvalue weighted by Crippen LogP contribution is -2.20. The van der Waals surface area contributed by atoms with E-state index < -0.39 is 5.97 Å². The number of H-pyrrole nitrogens is 1. The molecule has 108 valence electrons. The first-order valence-corrected chi connectivity index (χ1v) is 6.50. The van der Waals surface area contributed by atoms with Crippen molar-refractivity contribution in [1.82, 2.24) is 19.3 Å². The highest BCUT2D eigenvalue weighted by Crippen LogP contribution is 2.16. The van der Waals surface area contributed by atoms with E-state index in [-0.39, 0.29) is 11.3 Å². The maximum Gasteiger partial charge on any atom is 0.337 e. The molecule has 0 radical (unpaired) electrons. The highest BCUT2D eigenvalue weighted by Gasteiger charge is 2.15. The largest absolute Gasteiger partial charge is 0.478 e. The van der Waals surface area contributed by atoms with E-state index in [1.165, 1.54) is 10.6 Å². The zero-order valence-electron chi connectivity index (χ0n) is 11.4. The lowest BCUT2D eigenvalue weighted by atomic mass is 10.2. The van der Waals surface area contributed by atoms with Crippen LogP contribution in [0.5, 0.6) is 0 Å². The average Bonchev–Trinajstić information content (AvgIpc) is 2.98. The van der Waals surface area contributed by atoms with Crippen LogP contribution < -0.4 is 5.69 Å². The molecule has 1 aromatic carbocycles. The molecule has 7 heteroatoms. The number of benzene rings is 1. The van der Waals surface area contributed by atoms with Crippen molar-refractivity contribution in [2.75, 3.05) is 0 Å². The fourth-order valence-corrected chi connectivity index (χ4v) is 2.40. The van der Waals surface area contributed by atoms with E-state index in [1.54, 1.807) is 23.0 Å². The van der Waals surface area contributed by atoms with Gasteiger partial charge in [0.15, 0.2) is 0 Å². The predicted octanol–water partition coefficient (Wildman–Crippen LogP) is 1.23. The minimum Gasteiger partial charge on any atom is -0.478 e. The van der Waals surface area contributed by atoms with Gasteiger partial charge in [-0.05, 0) is 24.6 Å². The van der Waals surface area contributed by atoms with Gasteiger partial charge >= 0.3 is 11.7 Å². The highest BCUT2D eigenvalue weighted by molar-refractivity contribution is 6.01. The summed E-state index contributed by atoms with van der Waals surface area (Å²) in [6, 6.07) is 4.80. The summed E-state index contributed by atoms with van der Waals surface area (Å²) in [6.45, 7) is 2.78. The van der Waals surface area contributed by atoms with E-state index in [0.717, 1.165) is 5.56 Å². The number of carbonyl (C=O) groups is 1. The molecule has 3 rings (SSSR count). The van der Waals surface area contributed by atoms with Crippen LogP contribution in [-0.4, -0.2) is 30.4 Å². The monoisotopic (exact) mass is 286 g/mol. The van der Waals surface area contributed by atoms with Crippen LogP contribution in [0.2, 0.25) is 0 Å². The van der Waals surface area contributed by atoms with Gasteiger partial charge in [-0.3, -0.25) is 9.25 Å². The quantitative estimate of drug-likeness (QED) is 0.754. The van der Waals surface area contributed by atoms with Crippen LogP contribution in [-0.2, 0) is 13.1 Å². The number of rotatable bonds is 4. The number of imidazole rings is 1. The molecule has 21 heavy (non-hydrogen) atoms. The van der Waals surface area contributed by atoms with Gasteiger partial charge in [0.05, 0.1) is 29.3 Å². The number of nitrogens with one attached hydrogen (secondary N) is 1. The summed E-state index contributed by atoms with van der Waals surface area (Å²) in [5.41, 5.74) is 1.77. The first kappa shape index (κ1) is 13.2. The highest BCUT2D eigenvalue weighted by atomic mass is 16.4. The number of carboxylic acid groups (broad SMARTS) is 1. The predicted molar refractivity (Wildman–Crippen MR) is 76.5 cm³/mol. The molecule has 0 spiro atoms. The Bertz CT molecular complexity index is 872. The number of hydrogen-bond donors (Lipinski definition) is 2. The maximum absolute atomic E-state index is 12.0.